The molecule has 3 N–H and O–H groups in total. The number of amides is 1. The summed E-state index contributed by atoms with van der Waals surface area (Å²) in [5, 5.41) is 9.22. The molecule has 1 aromatic carbocycles. The minimum absolute atomic E-state index is 0.234. The van der Waals surface area contributed by atoms with Crippen LogP contribution in [0, 0.1) is 0 Å². The fraction of sp³-hybridized carbons (Fsp3) is 0.429. The number of hydrogen-bond acceptors (Lipinski definition) is 4. The summed E-state index contributed by atoms with van der Waals surface area (Å²) < 4.78 is 0. The Morgan fingerprint density at radius 1 is 1.40 bits per heavy atom. The number of hydrogen-bond donors (Lipinski definition) is 2. The summed E-state index contributed by atoms with van der Waals surface area (Å²) >= 11 is 1.60. The maximum Gasteiger partial charge on any atom is 0.326 e. The number of benzene rings is 1. The Bertz CT molecular complexity index is 563. The fourth-order valence-electron chi connectivity index (χ4n) is 2.85. The van der Waals surface area contributed by atoms with Crippen molar-refractivity contribution in [3.8, 4) is 0 Å². The van der Waals surface area contributed by atoms with Gasteiger partial charge in [-0.25, -0.2) is 4.79 Å². The molecular formula is C14H16N2O3S. The summed E-state index contributed by atoms with van der Waals surface area (Å²) in [4.78, 5) is 25.4. The summed E-state index contributed by atoms with van der Waals surface area (Å²) in [5.41, 5.74) is 7.92. The van der Waals surface area contributed by atoms with Crippen LogP contribution in [0.15, 0.2) is 24.3 Å². The topological polar surface area (TPSA) is 83.6 Å². The average Bonchev–Trinajstić information content (AvgIpc) is 2.59. The number of fused-ring (bicyclic) bond motifs is 3. The van der Waals surface area contributed by atoms with Crippen LogP contribution in [0.4, 0.5) is 0 Å². The Morgan fingerprint density at radius 3 is 2.90 bits per heavy atom. The third-order valence-corrected chi connectivity index (χ3v) is 5.15. The maximum atomic E-state index is 12.4. The van der Waals surface area contributed by atoms with Gasteiger partial charge in [-0.3, -0.25) is 4.79 Å². The van der Waals surface area contributed by atoms with Gasteiger partial charge in [0.05, 0.1) is 6.04 Å². The van der Waals surface area contributed by atoms with Gasteiger partial charge in [0.15, 0.2) is 0 Å². The molecule has 6 heteroatoms. The van der Waals surface area contributed by atoms with Crippen LogP contribution >= 0.6 is 11.8 Å². The van der Waals surface area contributed by atoms with Crippen molar-refractivity contribution in [1.29, 1.82) is 0 Å². The van der Waals surface area contributed by atoms with Gasteiger partial charge in [-0.15, -0.1) is 11.8 Å². The summed E-state index contributed by atoms with van der Waals surface area (Å²) in [7, 11) is 0. The molecule has 0 bridgehead atoms. The fourth-order valence-corrected chi connectivity index (χ4v) is 4.28. The Kier molecular flexibility index (Phi) is 3.43. The van der Waals surface area contributed by atoms with E-state index in [9.17, 15) is 14.7 Å². The SMILES string of the molecule is N[C@H]1CCS[C@H]2c3ccccc3C[C@@H](C(=O)O)N2C1=O. The lowest BCUT2D eigenvalue weighted by atomic mass is 9.93. The Hall–Kier alpha value is -1.53. The highest BCUT2D eigenvalue weighted by atomic mass is 32.2. The quantitative estimate of drug-likeness (QED) is 0.806. The van der Waals surface area contributed by atoms with Crippen LogP contribution in [0.3, 0.4) is 0 Å². The molecule has 1 amide bonds. The van der Waals surface area contributed by atoms with Crippen LogP contribution < -0.4 is 5.73 Å². The lowest BCUT2D eigenvalue weighted by Crippen LogP contribution is -2.54. The highest BCUT2D eigenvalue weighted by Gasteiger charge is 2.43. The van der Waals surface area contributed by atoms with E-state index in [1.165, 1.54) is 4.90 Å². The number of rotatable bonds is 1. The molecule has 0 unspecified atom stereocenters. The predicted octanol–water partition coefficient (Wildman–Crippen LogP) is 0.987. The first-order chi connectivity index (χ1) is 9.59. The summed E-state index contributed by atoms with van der Waals surface area (Å²) in [6.07, 6.45) is 0.937. The Labute approximate surface area is 121 Å². The van der Waals surface area contributed by atoms with E-state index in [1.807, 2.05) is 24.3 Å². The molecular weight excluding hydrogens is 276 g/mol. The zero-order chi connectivity index (χ0) is 14.3. The van der Waals surface area contributed by atoms with Crippen molar-refractivity contribution in [1.82, 2.24) is 4.90 Å². The molecule has 1 saturated heterocycles. The molecule has 3 rings (SSSR count). The predicted molar refractivity (Wildman–Crippen MR) is 76.2 cm³/mol. The zero-order valence-electron chi connectivity index (χ0n) is 10.9. The van der Waals surface area contributed by atoms with Gasteiger partial charge < -0.3 is 15.7 Å². The van der Waals surface area contributed by atoms with E-state index in [2.05, 4.69) is 0 Å². The van der Waals surface area contributed by atoms with E-state index in [4.69, 9.17) is 5.73 Å². The summed E-state index contributed by atoms with van der Waals surface area (Å²) in [6, 6.07) is 6.33. The van der Waals surface area contributed by atoms with Gasteiger partial charge in [0.2, 0.25) is 5.91 Å². The molecule has 2 aliphatic rings. The number of aliphatic carboxylic acids is 1. The minimum Gasteiger partial charge on any atom is -0.480 e. The number of carbonyl (C=O) groups excluding carboxylic acids is 1. The molecule has 3 atom stereocenters. The molecule has 0 saturated carbocycles. The number of thioether (sulfide) groups is 1. The third kappa shape index (κ3) is 2.09. The van der Waals surface area contributed by atoms with E-state index >= 15 is 0 Å². The van der Waals surface area contributed by atoms with Crippen molar-refractivity contribution in [3.63, 3.8) is 0 Å². The van der Waals surface area contributed by atoms with E-state index in [1.54, 1.807) is 11.8 Å². The van der Waals surface area contributed by atoms with E-state index in [0.717, 1.165) is 16.9 Å². The van der Waals surface area contributed by atoms with Gasteiger partial charge in [-0.1, -0.05) is 24.3 Å². The van der Waals surface area contributed by atoms with Crippen molar-refractivity contribution < 1.29 is 14.7 Å². The van der Waals surface area contributed by atoms with Crippen LogP contribution in [0.1, 0.15) is 22.9 Å². The van der Waals surface area contributed by atoms with Crippen LogP contribution in [-0.2, 0) is 16.0 Å². The lowest BCUT2D eigenvalue weighted by Gasteiger charge is -2.40. The van der Waals surface area contributed by atoms with Gasteiger partial charge >= 0.3 is 5.97 Å². The first kappa shape index (κ1) is 13.5. The van der Waals surface area contributed by atoms with Gasteiger partial charge in [0.1, 0.15) is 11.4 Å². The maximum absolute atomic E-state index is 12.4. The van der Waals surface area contributed by atoms with Crippen molar-refractivity contribution in [2.75, 3.05) is 5.75 Å². The average molecular weight is 292 g/mol. The van der Waals surface area contributed by atoms with E-state index in [-0.39, 0.29) is 11.3 Å². The number of carboxylic acids is 1. The van der Waals surface area contributed by atoms with Crippen molar-refractivity contribution in [2.24, 2.45) is 5.73 Å². The highest BCUT2D eigenvalue weighted by molar-refractivity contribution is 7.99. The molecule has 2 aliphatic heterocycles. The summed E-state index contributed by atoms with van der Waals surface area (Å²) in [5.74, 6) is -0.455. The normalized spacial score (nSPS) is 29.4. The number of carboxylic acid groups (broad SMARTS) is 1. The Morgan fingerprint density at radius 2 is 2.15 bits per heavy atom. The van der Waals surface area contributed by atoms with Crippen LogP contribution in [0.5, 0.6) is 0 Å². The monoisotopic (exact) mass is 292 g/mol. The van der Waals surface area contributed by atoms with Crippen molar-refractivity contribution in [2.45, 2.75) is 30.3 Å². The van der Waals surface area contributed by atoms with Gasteiger partial charge in [-0.05, 0) is 23.3 Å². The first-order valence-corrected chi connectivity index (χ1v) is 7.64. The van der Waals surface area contributed by atoms with E-state index < -0.39 is 18.1 Å². The Balaban J connectivity index is 2.10. The molecule has 106 valence electrons. The largest absolute Gasteiger partial charge is 0.480 e. The second-order valence-corrected chi connectivity index (χ2v) is 6.31. The van der Waals surface area contributed by atoms with Crippen molar-refractivity contribution in [3.05, 3.63) is 35.4 Å². The van der Waals surface area contributed by atoms with Crippen molar-refractivity contribution >= 4 is 23.6 Å². The van der Waals surface area contributed by atoms with E-state index in [0.29, 0.717) is 12.8 Å². The summed E-state index contributed by atoms with van der Waals surface area (Å²) in [6.45, 7) is 0. The molecule has 5 nitrogen and oxygen atoms in total. The molecule has 1 fully saturated rings. The number of nitrogens with two attached hydrogens (primary N) is 1. The zero-order valence-corrected chi connectivity index (χ0v) is 11.7. The van der Waals surface area contributed by atoms with Crippen LogP contribution in [0.2, 0.25) is 0 Å². The second-order valence-electron chi connectivity index (χ2n) is 5.12. The second kappa shape index (κ2) is 5.10. The van der Waals surface area contributed by atoms with Crippen LogP contribution in [0.25, 0.3) is 0 Å². The smallest absolute Gasteiger partial charge is 0.326 e. The number of nitrogens with zero attached hydrogens (tertiary/aromatic N) is 1. The van der Waals surface area contributed by atoms with Gasteiger partial charge in [0.25, 0.3) is 0 Å². The van der Waals surface area contributed by atoms with Crippen LogP contribution in [-0.4, -0.2) is 39.7 Å². The minimum atomic E-state index is -0.965. The molecule has 2 heterocycles. The number of carbonyl (C=O) groups is 2. The molecule has 20 heavy (non-hydrogen) atoms. The molecule has 0 aliphatic carbocycles. The molecule has 1 aromatic rings. The standard InChI is InChI=1S/C14H16N2O3S/c15-10-5-6-20-13-9-4-2-1-3-8(9)7-11(14(18)19)16(13)12(10)17/h1-4,10-11,13H,5-7,15H2,(H,18,19)/t10-,11-,13-/m0/s1. The molecule has 0 radical (unpaired) electrons. The highest BCUT2D eigenvalue weighted by Crippen LogP contribution is 2.43. The van der Waals surface area contributed by atoms with Gasteiger partial charge in [0, 0.05) is 6.42 Å². The molecule has 0 spiro atoms. The first-order valence-electron chi connectivity index (χ1n) is 6.59. The molecule has 0 aromatic heterocycles. The lowest BCUT2D eigenvalue weighted by molar-refractivity contribution is -0.152. The van der Waals surface area contributed by atoms with Gasteiger partial charge in [-0.2, -0.15) is 0 Å². The third-order valence-electron chi connectivity index (χ3n) is 3.88.